The lowest BCUT2D eigenvalue weighted by atomic mass is 9.88. The van der Waals surface area contributed by atoms with Crippen LogP contribution in [0.15, 0.2) is 83.9 Å². The third kappa shape index (κ3) is 8.61. The Morgan fingerprint density at radius 2 is 1.34 bits per heavy atom. The number of thiol groups is 1. The Morgan fingerprint density at radius 3 is 1.77 bits per heavy atom. The highest BCUT2D eigenvalue weighted by molar-refractivity contribution is 8.51. The van der Waals surface area contributed by atoms with Gasteiger partial charge in [-0.05, 0) is 99.5 Å². The van der Waals surface area contributed by atoms with E-state index in [0.717, 1.165) is 106 Å². The Labute approximate surface area is 343 Å². The molecule has 0 aromatic carbocycles. The van der Waals surface area contributed by atoms with E-state index >= 15 is 8.78 Å². The van der Waals surface area contributed by atoms with E-state index in [9.17, 15) is 0 Å². The second-order valence-electron chi connectivity index (χ2n) is 18.1. The molecule has 4 aliphatic carbocycles. The van der Waals surface area contributed by atoms with Crippen molar-refractivity contribution in [2.24, 2.45) is 51.4 Å². The third-order valence-electron chi connectivity index (χ3n) is 14.2. The molecule has 6 rings (SSSR count). The molecule has 0 amide bonds. The molecule has 2 aliphatic heterocycles. The van der Waals surface area contributed by atoms with Crippen LogP contribution >= 0.6 is 18.3 Å². The van der Waals surface area contributed by atoms with Crippen molar-refractivity contribution in [2.45, 2.75) is 142 Å². The van der Waals surface area contributed by atoms with E-state index in [2.05, 4.69) is 77.9 Å². The smallest absolute Gasteiger partial charge is 0.140 e. The molecule has 0 aromatic heterocycles. The van der Waals surface area contributed by atoms with Crippen LogP contribution in [0.3, 0.4) is 0 Å². The molecule has 0 spiro atoms. The molecule has 10 unspecified atom stereocenters. The van der Waals surface area contributed by atoms with Crippen LogP contribution in [0.1, 0.15) is 118 Å². The van der Waals surface area contributed by atoms with Gasteiger partial charge in [0.05, 0.1) is 12.1 Å². The van der Waals surface area contributed by atoms with Crippen molar-refractivity contribution in [3.63, 3.8) is 0 Å². The van der Waals surface area contributed by atoms with Crippen LogP contribution < -0.4 is 10.6 Å². The van der Waals surface area contributed by atoms with Gasteiger partial charge in [0.2, 0.25) is 0 Å². The highest BCUT2D eigenvalue weighted by atomic mass is 32.7. The number of amidine groups is 2. The van der Waals surface area contributed by atoms with E-state index in [1.54, 1.807) is 0 Å². The van der Waals surface area contributed by atoms with Crippen molar-refractivity contribution >= 4 is 36.3 Å². The quantitative estimate of drug-likeness (QED) is 0.0847. The van der Waals surface area contributed by atoms with Crippen LogP contribution in [-0.4, -0.2) is 63.5 Å². The Hall–Kier alpha value is -2.51. The Balaban J connectivity index is 0.992. The predicted molar refractivity (Wildman–Crippen MR) is 240 cm³/mol. The van der Waals surface area contributed by atoms with Gasteiger partial charge in [0, 0.05) is 41.5 Å². The molecule has 4 saturated carbocycles. The number of aliphatic imine (C=N–C) groups is 2. The first-order valence-corrected chi connectivity index (χ1v) is 25.4. The number of fused-ring (bicyclic) bond motifs is 2. The maximum Gasteiger partial charge on any atom is 0.140 e. The van der Waals surface area contributed by atoms with Gasteiger partial charge in [0.25, 0.3) is 0 Å². The molecule has 0 aromatic rings. The number of allylic oxidation sites excluding steroid dienone is 2. The van der Waals surface area contributed by atoms with Gasteiger partial charge in [0.1, 0.15) is 34.7 Å². The van der Waals surface area contributed by atoms with Crippen LogP contribution in [0.5, 0.6) is 0 Å². The minimum Gasteiger partial charge on any atom is -0.344 e. The van der Waals surface area contributed by atoms with E-state index in [0.29, 0.717) is 47.9 Å². The Morgan fingerprint density at radius 1 is 0.839 bits per heavy atom. The fourth-order valence-electron chi connectivity index (χ4n) is 11.2. The van der Waals surface area contributed by atoms with E-state index in [4.69, 9.17) is 22.2 Å². The number of halogens is 2. The van der Waals surface area contributed by atoms with Crippen molar-refractivity contribution in [2.75, 3.05) is 12.3 Å². The molecule has 6 nitrogen and oxygen atoms in total. The molecule has 10 atom stereocenters. The highest BCUT2D eigenvalue weighted by Gasteiger charge is 2.77. The average molecular weight is 809 g/mol. The predicted octanol–water partition coefficient (Wildman–Crippen LogP) is 11.6. The molecule has 56 heavy (non-hydrogen) atoms. The zero-order chi connectivity index (χ0) is 40.6. The lowest BCUT2D eigenvalue weighted by Crippen LogP contribution is -2.37. The van der Waals surface area contributed by atoms with Gasteiger partial charge in [-0.25, -0.2) is 18.8 Å². The molecule has 4 fully saturated rings. The van der Waals surface area contributed by atoms with E-state index in [-0.39, 0.29) is 29.8 Å². The second kappa shape index (κ2) is 17.4. The molecular weight excluding hydrogens is 738 g/mol. The molecule has 2 heterocycles. The lowest BCUT2D eigenvalue weighted by molar-refractivity contribution is 0.154. The van der Waals surface area contributed by atoms with Crippen molar-refractivity contribution in [3.05, 3.63) is 73.9 Å². The fraction of sp³-hybridized carbons (Fsp3) is 0.674. The van der Waals surface area contributed by atoms with Crippen LogP contribution in [0.2, 0.25) is 0 Å². The SMILES string of the molecule is C=C(NC1=NC(=C)N(C2C3CC(CCP(=C)(S)CC4C(CC)CC5C(N6C=CC(NC(=C)C(CCC)CCC)=NC6=C)C45F)CC32F)C=C1)C(CCC)CCC. The molecule has 6 aliphatic rings. The summed E-state index contributed by atoms with van der Waals surface area (Å²) in [4.78, 5) is 13.4. The number of hydrogen-bond donors (Lipinski definition) is 3. The summed E-state index contributed by atoms with van der Waals surface area (Å²) < 4.78 is 33.7. The second-order valence-corrected chi connectivity index (χ2v) is 23.6. The van der Waals surface area contributed by atoms with E-state index < -0.39 is 17.4 Å². The maximum absolute atomic E-state index is 17.3. The normalized spacial score (nSPS) is 34.0. The zero-order valence-corrected chi connectivity index (χ0v) is 36.9. The summed E-state index contributed by atoms with van der Waals surface area (Å²) in [6.07, 6.45) is 24.9. The van der Waals surface area contributed by atoms with Crippen molar-refractivity contribution in [1.29, 1.82) is 0 Å². The number of nitrogens with zero attached hydrogens (tertiary/aromatic N) is 4. The van der Waals surface area contributed by atoms with Crippen LogP contribution in [-0.2, 0) is 0 Å². The summed E-state index contributed by atoms with van der Waals surface area (Å²) in [7, 11) is 0. The fourth-order valence-corrected chi connectivity index (χ4v) is 14.4. The molecule has 10 heteroatoms. The van der Waals surface area contributed by atoms with Crippen LogP contribution in [0.4, 0.5) is 8.78 Å². The molecule has 0 saturated heterocycles. The minimum absolute atomic E-state index is 0.0258. The summed E-state index contributed by atoms with van der Waals surface area (Å²) in [6.45, 7) is 28.1. The first-order chi connectivity index (χ1) is 26.6. The van der Waals surface area contributed by atoms with Gasteiger partial charge in [-0.1, -0.05) is 105 Å². The zero-order valence-electron chi connectivity index (χ0n) is 35.1. The molecule has 2 N–H and O–H groups in total. The van der Waals surface area contributed by atoms with Crippen molar-refractivity contribution in [3.8, 4) is 0 Å². The Bertz CT molecular complexity index is 1690. The minimum atomic E-state index is -1.98. The average Bonchev–Trinajstić information content (AvgIpc) is 3.80. The molecule has 0 radical (unpaired) electrons. The highest BCUT2D eigenvalue weighted by Crippen LogP contribution is 2.71. The van der Waals surface area contributed by atoms with Gasteiger partial charge in [-0.2, -0.15) is 12.2 Å². The monoisotopic (exact) mass is 809 g/mol. The van der Waals surface area contributed by atoms with Gasteiger partial charge >= 0.3 is 0 Å². The summed E-state index contributed by atoms with van der Waals surface area (Å²) in [5, 5.41) is 6.84. The first-order valence-electron chi connectivity index (χ1n) is 21.9. The standard InChI is InChI=1S/C46H71F2N6PS/c1-11-16-36(17-12-2)30(6)49-41-20-23-53(32(8)51-41)43-38-26-34(28-45(38,43)47)22-25-55(10,56)29-40-35(15-5)27-39-44(46(39,40)48)54-24-21-42(52-33(54)9)50-31(7)37(18-13-3)19-14-4/h20-21,23-24,34-40,43-44,56H,6-19,22,25-29H2,1-5H3,(H,49,51)(H,50,52). The number of alkyl halides is 2. The summed E-state index contributed by atoms with van der Waals surface area (Å²) in [5.41, 5.74) is -0.553. The van der Waals surface area contributed by atoms with Crippen LogP contribution in [0, 0.1) is 41.4 Å². The van der Waals surface area contributed by atoms with E-state index in [1.165, 1.54) is 0 Å². The number of rotatable bonds is 20. The largest absolute Gasteiger partial charge is 0.344 e. The third-order valence-corrected chi connectivity index (χ3v) is 17.4. The summed E-state index contributed by atoms with van der Waals surface area (Å²) in [6, 6.07) is -0.475. The Kier molecular flexibility index (Phi) is 13.4. The topological polar surface area (TPSA) is 55.3 Å². The van der Waals surface area contributed by atoms with Gasteiger partial charge in [-0.3, -0.25) is 0 Å². The number of hydrogen-bond acceptors (Lipinski definition) is 7. The van der Waals surface area contributed by atoms with Crippen LogP contribution in [0.25, 0.3) is 0 Å². The van der Waals surface area contributed by atoms with Gasteiger partial charge in [-0.15, -0.1) is 0 Å². The van der Waals surface area contributed by atoms with Crippen molar-refractivity contribution < 1.29 is 8.78 Å². The lowest BCUT2D eigenvalue weighted by Gasteiger charge is -2.34. The maximum atomic E-state index is 17.3. The molecule has 0 bridgehead atoms. The molecule has 310 valence electrons. The summed E-state index contributed by atoms with van der Waals surface area (Å²) >= 11 is 5.21. The first kappa shape index (κ1) is 43.1. The molecular formula is C46H71F2N6PS. The van der Waals surface area contributed by atoms with Gasteiger partial charge in [0.15, 0.2) is 0 Å². The van der Waals surface area contributed by atoms with Crippen molar-refractivity contribution in [1.82, 2.24) is 20.4 Å². The summed E-state index contributed by atoms with van der Waals surface area (Å²) in [5.74, 6) is 3.87. The van der Waals surface area contributed by atoms with E-state index in [1.807, 2.05) is 34.4 Å². The number of nitrogens with one attached hydrogen (secondary N) is 2. The van der Waals surface area contributed by atoms with Gasteiger partial charge < -0.3 is 20.4 Å².